The van der Waals surface area contributed by atoms with E-state index in [2.05, 4.69) is 4.98 Å². The van der Waals surface area contributed by atoms with Crippen LogP contribution in [0.3, 0.4) is 0 Å². The molecule has 0 fully saturated rings. The first-order chi connectivity index (χ1) is 7.18. The van der Waals surface area contributed by atoms with E-state index in [1.54, 1.807) is 19.2 Å². The molecule has 0 spiro atoms. The Labute approximate surface area is 92.4 Å². The molecule has 0 saturated heterocycles. The van der Waals surface area contributed by atoms with Gasteiger partial charge in [-0.15, -0.1) is 0 Å². The Morgan fingerprint density at radius 1 is 1.47 bits per heavy atom. The molecule has 0 aliphatic heterocycles. The van der Waals surface area contributed by atoms with Crippen molar-refractivity contribution in [2.75, 3.05) is 0 Å². The van der Waals surface area contributed by atoms with E-state index < -0.39 is 0 Å². The van der Waals surface area contributed by atoms with Crippen LogP contribution < -0.4 is 0 Å². The highest BCUT2D eigenvalue weighted by atomic mass is 32.1. The lowest BCUT2D eigenvalue weighted by molar-refractivity contribution is 0.101. The third-order valence-electron chi connectivity index (χ3n) is 2.18. The summed E-state index contributed by atoms with van der Waals surface area (Å²) in [7, 11) is 0. The number of imidazole rings is 1. The van der Waals surface area contributed by atoms with Gasteiger partial charge in [0.1, 0.15) is 0 Å². The van der Waals surface area contributed by atoms with Crippen molar-refractivity contribution in [3.63, 3.8) is 0 Å². The molecule has 1 aromatic heterocycles. The maximum atomic E-state index is 11.2. The zero-order valence-electron chi connectivity index (χ0n) is 8.23. The Morgan fingerprint density at radius 3 is 2.87 bits per heavy atom. The van der Waals surface area contributed by atoms with Crippen molar-refractivity contribution in [1.82, 2.24) is 9.55 Å². The highest BCUT2D eigenvalue weighted by Crippen LogP contribution is 2.11. The van der Waals surface area contributed by atoms with Gasteiger partial charge in [-0.1, -0.05) is 12.1 Å². The van der Waals surface area contributed by atoms with E-state index in [0.29, 0.717) is 10.3 Å². The van der Waals surface area contributed by atoms with Crippen LogP contribution in [-0.2, 0) is 0 Å². The van der Waals surface area contributed by atoms with E-state index in [1.165, 1.54) is 0 Å². The zero-order chi connectivity index (χ0) is 10.8. The van der Waals surface area contributed by atoms with Crippen LogP contribution in [0.5, 0.6) is 0 Å². The number of hydrogen-bond acceptors (Lipinski definition) is 2. The van der Waals surface area contributed by atoms with Crippen molar-refractivity contribution in [1.29, 1.82) is 0 Å². The second-order valence-electron chi connectivity index (χ2n) is 3.24. The van der Waals surface area contributed by atoms with E-state index >= 15 is 0 Å². The highest BCUT2D eigenvalue weighted by Gasteiger charge is 2.02. The molecule has 0 amide bonds. The van der Waals surface area contributed by atoms with Crippen molar-refractivity contribution < 1.29 is 4.79 Å². The third-order valence-corrected chi connectivity index (χ3v) is 2.49. The molecule has 0 atom stereocenters. The molecule has 0 radical (unpaired) electrons. The zero-order valence-corrected chi connectivity index (χ0v) is 9.04. The highest BCUT2D eigenvalue weighted by molar-refractivity contribution is 7.71. The second kappa shape index (κ2) is 3.82. The minimum Gasteiger partial charge on any atom is -0.337 e. The SMILES string of the molecule is CC(=O)c1cccc(-n2cc[nH]c2=S)c1. The van der Waals surface area contributed by atoms with Crippen LogP contribution >= 0.6 is 12.2 Å². The van der Waals surface area contributed by atoms with Gasteiger partial charge in [-0.3, -0.25) is 9.36 Å². The molecule has 1 heterocycles. The molecule has 0 bridgehead atoms. The molecule has 0 saturated carbocycles. The van der Waals surface area contributed by atoms with Gasteiger partial charge in [-0.25, -0.2) is 0 Å². The van der Waals surface area contributed by atoms with Crippen LogP contribution in [0.1, 0.15) is 17.3 Å². The van der Waals surface area contributed by atoms with Crippen LogP contribution in [-0.4, -0.2) is 15.3 Å². The first-order valence-electron chi connectivity index (χ1n) is 4.56. The smallest absolute Gasteiger partial charge is 0.181 e. The maximum absolute atomic E-state index is 11.2. The molecule has 4 heteroatoms. The lowest BCUT2D eigenvalue weighted by Gasteiger charge is -2.03. The molecule has 3 nitrogen and oxygen atoms in total. The number of ketones is 1. The second-order valence-corrected chi connectivity index (χ2v) is 3.63. The number of hydrogen-bond donors (Lipinski definition) is 1. The van der Waals surface area contributed by atoms with E-state index in [1.807, 2.05) is 29.0 Å². The van der Waals surface area contributed by atoms with Gasteiger partial charge in [0.25, 0.3) is 0 Å². The molecule has 0 unspecified atom stereocenters. The number of nitrogens with one attached hydrogen (secondary N) is 1. The fraction of sp³-hybridized carbons (Fsp3) is 0.0909. The summed E-state index contributed by atoms with van der Waals surface area (Å²) in [4.78, 5) is 14.1. The largest absolute Gasteiger partial charge is 0.337 e. The fourth-order valence-corrected chi connectivity index (χ4v) is 1.63. The van der Waals surface area contributed by atoms with E-state index in [4.69, 9.17) is 12.2 Å². The number of carbonyl (C=O) groups is 1. The number of carbonyl (C=O) groups excluding carboxylic acids is 1. The molecule has 0 aliphatic carbocycles. The van der Waals surface area contributed by atoms with Crippen molar-refractivity contribution in [2.24, 2.45) is 0 Å². The summed E-state index contributed by atoms with van der Waals surface area (Å²) in [5.41, 5.74) is 1.59. The molecule has 1 aromatic carbocycles. The average Bonchev–Trinajstić information content (AvgIpc) is 2.64. The third kappa shape index (κ3) is 1.89. The standard InChI is InChI=1S/C11H10N2OS/c1-8(14)9-3-2-4-10(7-9)13-6-5-12-11(13)15/h2-7H,1H3,(H,12,15). The van der Waals surface area contributed by atoms with Gasteiger partial charge in [-0.05, 0) is 31.3 Å². The first-order valence-corrected chi connectivity index (χ1v) is 4.97. The van der Waals surface area contributed by atoms with Crippen LogP contribution in [0.15, 0.2) is 36.7 Å². The Bertz CT molecular complexity index is 553. The summed E-state index contributed by atoms with van der Waals surface area (Å²) < 4.78 is 2.44. The monoisotopic (exact) mass is 218 g/mol. The summed E-state index contributed by atoms with van der Waals surface area (Å²) in [6.45, 7) is 1.55. The lowest BCUT2D eigenvalue weighted by Crippen LogP contribution is -1.96. The van der Waals surface area contributed by atoms with Gasteiger partial charge >= 0.3 is 0 Å². The van der Waals surface area contributed by atoms with Gasteiger partial charge in [0.15, 0.2) is 10.6 Å². The number of benzene rings is 1. The molecule has 1 N–H and O–H groups in total. The molecule has 2 rings (SSSR count). The van der Waals surface area contributed by atoms with Crippen molar-refractivity contribution in [3.8, 4) is 5.69 Å². The Hall–Kier alpha value is -1.68. The predicted octanol–water partition coefficient (Wildman–Crippen LogP) is 2.74. The summed E-state index contributed by atoms with van der Waals surface area (Å²) in [6.07, 6.45) is 3.60. The van der Waals surface area contributed by atoms with Crippen LogP contribution in [0, 0.1) is 4.77 Å². The van der Waals surface area contributed by atoms with Crippen LogP contribution in [0.25, 0.3) is 5.69 Å². The summed E-state index contributed by atoms with van der Waals surface area (Å²) >= 11 is 5.10. The molecule has 76 valence electrons. The molecular weight excluding hydrogens is 208 g/mol. The number of aromatic amines is 1. The number of Topliss-reactive ketones (excluding diaryl/α,β-unsaturated/α-hetero) is 1. The molecular formula is C11H10N2OS. The minimum absolute atomic E-state index is 0.0545. The van der Waals surface area contributed by atoms with Gasteiger partial charge in [0.05, 0.1) is 0 Å². The Morgan fingerprint density at radius 2 is 2.27 bits per heavy atom. The van der Waals surface area contributed by atoms with E-state index in [9.17, 15) is 4.79 Å². The fourth-order valence-electron chi connectivity index (χ4n) is 1.40. The number of rotatable bonds is 2. The van der Waals surface area contributed by atoms with Crippen molar-refractivity contribution in [3.05, 3.63) is 47.0 Å². The Kier molecular flexibility index (Phi) is 2.51. The minimum atomic E-state index is 0.0545. The topological polar surface area (TPSA) is 37.8 Å². The van der Waals surface area contributed by atoms with Crippen LogP contribution in [0.2, 0.25) is 0 Å². The summed E-state index contributed by atoms with van der Waals surface area (Å²) in [5.74, 6) is 0.0545. The van der Waals surface area contributed by atoms with E-state index in [0.717, 1.165) is 5.69 Å². The first kappa shape index (κ1) is 9.86. The van der Waals surface area contributed by atoms with Crippen molar-refractivity contribution >= 4 is 18.0 Å². The van der Waals surface area contributed by atoms with Gasteiger partial charge < -0.3 is 4.98 Å². The number of H-pyrrole nitrogens is 1. The van der Waals surface area contributed by atoms with Crippen molar-refractivity contribution in [2.45, 2.75) is 6.92 Å². The predicted molar refractivity (Wildman–Crippen MR) is 61.0 cm³/mol. The maximum Gasteiger partial charge on any atom is 0.181 e. The molecule has 2 aromatic rings. The lowest BCUT2D eigenvalue weighted by atomic mass is 10.1. The molecule has 15 heavy (non-hydrogen) atoms. The average molecular weight is 218 g/mol. The Balaban J connectivity index is 2.55. The van der Waals surface area contributed by atoms with E-state index in [-0.39, 0.29) is 5.78 Å². The van der Waals surface area contributed by atoms with Gasteiger partial charge in [0.2, 0.25) is 0 Å². The normalized spacial score (nSPS) is 10.2. The van der Waals surface area contributed by atoms with Crippen LogP contribution in [0.4, 0.5) is 0 Å². The van der Waals surface area contributed by atoms with Gasteiger partial charge in [-0.2, -0.15) is 0 Å². The molecule has 0 aliphatic rings. The number of nitrogens with zero attached hydrogens (tertiary/aromatic N) is 1. The quantitative estimate of drug-likeness (QED) is 0.621. The summed E-state index contributed by atoms with van der Waals surface area (Å²) in [5, 5.41) is 0. The van der Waals surface area contributed by atoms with Gasteiger partial charge in [0, 0.05) is 23.6 Å². The summed E-state index contributed by atoms with van der Waals surface area (Å²) in [6, 6.07) is 7.38. The number of aromatic nitrogens is 2.